The zero-order valence-electron chi connectivity index (χ0n) is 17.1. The van der Waals surface area contributed by atoms with Crippen LogP contribution in [0.2, 0.25) is 0 Å². The minimum atomic E-state index is -0.801. The molecule has 0 saturated heterocycles. The van der Waals surface area contributed by atoms with Crippen LogP contribution in [-0.2, 0) is 4.79 Å². The zero-order valence-corrected chi connectivity index (χ0v) is 17.1. The highest BCUT2D eigenvalue weighted by atomic mass is 19.1. The molecule has 0 amide bonds. The second kappa shape index (κ2) is 7.01. The molecule has 2 atom stereocenters. The summed E-state index contributed by atoms with van der Waals surface area (Å²) < 4.78 is 29.8. The lowest BCUT2D eigenvalue weighted by Crippen LogP contribution is -2.51. The first kappa shape index (κ1) is 19.2. The molecular formula is C23H21F2N5O2. The first-order valence-electron chi connectivity index (χ1n) is 10.8. The lowest BCUT2D eigenvalue weighted by atomic mass is 9.61. The highest BCUT2D eigenvalue weighted by Gasteiger charge is 2.47. The molecule has 32 heavy (non-hydrogen) atoms. The number of imidazole rings is 1. The number of rotatable bonds is 4. The predicted molar refractivity (Wildman–Crippen MR) is 114 cm³/mol. The number of nitrogens with one attached hydrogen (secondary N) is 2. The van der Waals surface area contributed by atoms with Gasteiger partial charge in [0.25, 0.3) is 0 Å². The van der Waals surface area contributed by atoms with E-state index in [1.165, 1.54) is 18.2 Å². The van der Waals surface area contributed by atoms with E-state index < -0.39 is 23.5 Å². The number of aromatic amines is 1. The molecule has 4 aromatic rings. The number of hydrogen-bond donors (Lipinski definition) is 3. The fourth-order valence-electron chi connectivity index (χ4n) is 5.69. The molecule has 3 saturated carbocycles. The number of nitrogens with zero attached hydrogens (tertiary/aromatic N) is 3. The molecule has 3 N–H and O–H groups in total. The molecule has 3 fully saturated rings. The van der Waals surface area contributed by atoms with Crippen molar-refractivity contribution in [2.75, 3.05) is 5.32 Å². The lowest BCUT2D eigenvalue weighted by molar-refractivity contribution is -0.148. The van der Waals surface area contributed by atoms with Crippen LogP contribution in [0.5, 0.6) is 0 Å². The van der Waals surface area contributed by atoms with E-state index in [9.17, 15) is 18.7 Å². The quantitative estimate of drug-likeness (QED) is 0.438. The first-order valence-corrected chi connectivity index (χ1v) is 10.8. The van der Waals surface area contributed by atoms with Gasteiger partial charge in [-0.15, -0.1) is 0 Å². The van der Waals surface area contributed by atoms with Crippen LogP contribution in [0.15, 0.2) is 36.8 Å². The van der Waals surface area contributed by atoms with Crippen molar-refractivity contribution < 1.29 is 18.7 Å². The van der Waals surface area contributed by atoms with Gasteiger partial charge in [-0.3, -0.25) is 9.20 Å². The van der Waals surface area contributed by atoms with Crippen molar-refractivity contribution in [3.8, 4) is 11.4 Å². The van der Waals surface area contributed by atoms with Crippen molar-refractivity contribution in [3.63, 3.8) is 0 Å². The van der Waals surface area contributed by atoms with Crippen LogP contribution in [0.25, 0.3) is 27.9 Å². The molecule has 3 aliphatic carbocycles. The van der Waals surface area contributed by atoms with Crippen LogP contribution >= 0.6 is 0 Å². The molecule has 9 heteroatoms. The molecule has 0 spiro atoms. The number of hydrogen-bond acceptors (Lipinski definition) is 4. The normalized spacial score (nSPS) is 24.9. The van der Waals surface area contributed by atoms with E-state index in [2.05, 4.69) is 15.3 Å². The van der Waals surface area contributed by atoms with Crippen LogP contribution < -0.4 is 5.32 Å². The average molecular weight is 437 g/mol. The number of anilines is 1. The summed E-state index contributed by atoms with van der Waals surface area (Å²) >= 11 is 0. The van der Waals surface area contributed by atoms with Gasteiger partial charge in [-0.1, -0.05) is 0 Å². The topological polar surface area (TPSA) is 95.3 Å². The molecule has 3 aliphatic rings. The van der Waals surface area contributed by atoms with Crippen LogP contribution in [-0.4, -0.2) is 36.5 Å². The number of aromatic nitrogens is 4. The Labute approximate surface area is 181 Å². The Morgan fingerprint density at radius 3 is 2.72 bits per heavy atom. The monoisotopic (exact) mass is 437 g/mol. The number of H-pyrrole nitrogens is 1. The maximum absolute atomic E-state index is 14.2. The van der Waals surface area contributed by atoms with Crippen LogP contribution in [0.3, 0.4) is 0 Å². The number of pyridine rings is 2. The van der Waals surface area contributed by atoms with Gasteiger partial charge in [-0.25, -0.2) is 18.7 Å². The summed E-state index contributed by atoms with van der Waals surface area (Å²) in [4.78, 5) is 23.9. The summed E-state index contributed by atoms with van der Waals surface area (Å²) in [6, 6.07) is 3.82. The molecular weight excluding hydrogens is 416 g/mol. The fourth-order valence-corrected chi connectivity index (χ4v) is 5.69. The predicted octanol–water partition coefficient (Wildman–Crippen LogP) is 4.46. The van der Waals surface area contributed by atoms with Crippen molar-refractivity contribution in [2.45, 2.75) is 31.7 Å². The third kappa shape index (κ3) is 2.87. The van der Waals surface area contributed by atoms with E-state index in [0.29, 0.717) is 33.8 Å². The van der Waals surface area contributed by atoms with Gasteiger partial charge in [0.15, 0.2) is 5.82 Å². The number of aliphatic carboxylic acids is 1. The second-order valence-corrected chi connectivity index (χ2v) is 8.85. The van der Waals surface area contributed by atoms with Crippen molar-refractivity contribution in [1.29, 1.82) is 0 Å². The summed E-state index contributed by atoms with van der Waals surface area (Å²) in [6.07, 6.45) is 8.22. The zero-order chi connectivity index (χ0) is 22.0. The number of halogens is 2. The molecule has 164 valence electrons. The molecule has 0 aromatic carbocycles. The van der Waals surface area contributed by atoms with E-state index in [1.807, 2.05) is 0 Å². The van der Waals surface area contributed by atoms with Crippen molar-refractivity contribution in [2.24, 2.45) is 17.8 Å². The van der Waals surface area contributed by atoms with Crippen molar-refractivity contribution in [1.82, 2.24) is 19.4 Å². The summed E-state index contributed by atoms with van der Waals surface area (Å²) in [5, 5.41) is 13.8. The number of carboxylic acids is 1. The maximum Gasteiger partial charge on any atom is 0.308 e. The van der Waals surface area contributed by atoms with Crippen LogP contribution in [0.4, 0.5) is 14.6 Å². The molecule has 0 aliphatic heterocycles. The van der Waals surface area contributed by atoms with Gasteiger partial charge < -0.3 is 15.4 Å². The minimum Gasteiger partial charge on any atom is -0.481 e. The molecule has 2 bridgehead atoms. The Morgan fingerprint density at radius 1 is 1.16 bits per heavy atom. The van der Waals surface area contributed by atoms with Gasteiger partial charge in [0.05, 0.1) is 17.6 Å². The van der Waals surface area contributed by atoms with Crippen LogP contribution in [0.1, 0.15) is 25.7 Å². The smallest absolute Gasteiger partial charge is 0.308 e. The van der Waals surface area contributed by atoms with E-state index in [0.717, 1.165) is 31.9 Å². The van der Waals surface area contributed by atoms with Gasteiger partial charge in [0, 0.05) is 35.5 Å². The average Bonchev–Trinajstić information content (AvgIpc) is 3.35. The third-order valence-corrected chi connectivity index (χ3v) is 7.15. The minimum absolute atomic E-state index is 0.141. The summed E-state index contributed by atoms with van der Waals surface area (Å²) in [5.74, 6) is -0.877. The Balaban J connectivity index is 1.49. The SMILES string of the molecule is O=C(O)[C@H]1C2CCC(CC2)C1Nc1nc(-c2c[nH]c3ncc(F)cc23)n2ccc(F)cc12. The lowest BCUT2D eigenvalue weighted by Gasteiger charge is -2.47. The van der Waals surface area contributed by atoms with E-state index in [1.54, 1.807) is 16.8 Å². The Morgan fingerprint density at radius 2 is 1.94 bits per heavy atom. The highest BCUT2D eigenvalue weighted by Crippen LogP contribution is 2.46. The molecule has 0 radical (unpaired) electrons. The highest BCUT2D eigenvalue weighted by molar-refractivity contribution is 5.93. The number of carbonyl (C=O) groups is 1. The fraction of sp³-hybridized carbons (Fsp3) is 0.348. The standard InChI is InChI=1S/C23H21F2N5O2/c24-13-5-6-30-17(8-13)21(28-19-12-3-1-11(2-4-12)18(19)23(31)32)29-22(30)16-10-27-20-15(16)7-14(25)9-26-20/h5-12,18-19,28H,1-4H2,(H,26,27)(H,31,32)/t11?,12?,18-,19?/m0/s1. The molecule has 1 unspecified atom stereocenters. The number of carboxylic acid groups (broad SMARTS) is 1. The van der Waals surface area contributed by atoms with Gasteiger partial charge >= 0.3 is 5.97 Å². The molecule has 7 nitrogen and oxygen atoms in total. The largest absolute Gasteiger partial charge is 0.481 e. The van der Waals surface area contributed by atoms with E-state index in [-0.39, 0.29) is 17.9 Å². The Bertz CT molecular complexity index is 1360. The summed E-state index contributed by atoms with van der Waals surface area (Å²) in [6.45, 7) is 0. The number of fused-ring (bicyclic) bond motifs is 5. The molecule has 7 rings (SSSR count). The summed E-state index contributed by atoms with van der Waals surface area (Å²) in [7, 11) is 0. The van der Waals surface area contributed by atoms with Crippen LogP contribution in [0, 0.1) is 29.4 Å². The molecule has 4 aromatic heterocycles. The van der Waals surface area contributed by atoms with Gasteiger partial charge in [0.2, 0.25) is 0 Å². The van der Waals surface area contributed by atoms with Crippen molar-refractivity contribution in [3.05, 3.63) is 48.4 Å². The third-order valence-electron chi connectivity index (χ3n) is 7.15. The Kier molecular flexibility index (Phi) is 4.21. The van der Waals surface area contributed by atoms with Gasteiger partial charge in [-0.05, 0) is 49.7 Å². The van der Waals surface area contributed by atoms with Crippen molar-refractivity contribution >= 4 is 28.3 Å². The second-order valence-electron chi connectivity index (χ2n) is 8.85. The maximum atomic E-state index is 14.2. The van der Waals surface area contributed by atoms with E-state index in [4.69, 9.17) is 4.98 Å². The van der Waals surface area contributed by atoms with Gasteiger partial charge in [-0.2, -0.15) is 0 Å². The summed E-state index contributed by atoms with van der Waals surface area (Å²) in [5.41, 5.74) is 1.65. The molecule has 4 heterocycles. The van der Waals surface area contributed by atoms with E-state index >= 15 is 0 Å². The Hall–Kier alpha value is -3.49. The first-order chi connectivity index (χ1) is 15.5. The van der Waals surface area contributed by atoms with Gasteiger partial charge in [0.1, 0.15) is 23.1 Å².